The van der Waals surface area contributed by atoms with E-state index < -0.39 is 11.9 Å². The van der Waals surface area contributed by atoms with E-state index in [2.05, 4.69) is 5.32 Å². The molecule has 0 spiro atoms. The van der Waals surface area contributed by atoms with Gasteiger partial charge in [0, 0.05) is 12.5 Å². The van der Waals surface area contributed by atoms with Gasteiger partial charge >= 0.3 is 5.97 Å². The van der Waals surface area contributed by atoms with Gasteiger partial charge in [-0.25, -0.2) is 0 Å². The molecular formula is C8H11NO3. The summed E-state index contributed by atoms with van der Waals surface area (Å²) in [5, 5.41) is 11.4. The summed E-state index contributed by atoms with van der Waals surface area (Å²) in [6.07, 6.45) is 2.17. The van der Waals surface area contributed by atoms with E-state index in [1.807, 2.05) is 0 Å². The Morgan fingerprint density at radius 2 is 2.17 bits per heavy atom. The Morgan fingerprint density at radius 3 is 2.67 bits per heavy atom. The molecular weight excluding hydrogens is 158 g/mol. The Balaban J connectivity index is 2.13. The van der Waals surface area contributed by atoms with Crippen LogP contribution in [0.3, 0.4) is 0 Å². The lowest BCUT2D eigenvalue weighted by Gasteiger charge is -2.10. The van der Waals surface area contributed by atoms with Crippen LogP contribution in [0.15, 0.2) is 0 Å². The highest BCUT2D eigenvalue weighted by atomic mass is 16.4. The van der Waals surface area contributed by atoms with Crippen LogP contribution in [-0.4, -0.2) is 23.5 Å². The van der Waals surface area contributed by atoms with E-state index in [-0.39, 0.29) is 11.8 Å². The van der Waals surface area contributed by atoms with Crippen LogP contribution in [0.4, 0.5) is 0 Å². The molecule has 1 saturated heterocycles. The van der Waals surface area contributed by atoms with E-state index in [4.69, 9.17) is 5.11 Å². The number of hydrogen-bond donors (Lipinski definition) is 2. The second kappa shape index (κ2) is 2.47. The first kappa shape index (κ1) is 7.58. The molecule has 4 nitrogen and oxygen atoms in total. The third-order valence-electron chi connectivity index (χ3n) is 2.72. The van der Waals surface area contributed by atoms with E-state index in [0.29, 0.717) is 12.5 Å². The molecule has 2 unspecified atom stereocenters. The molecule has 1 aliphatic heterocycles. The average Bonchev–Trinajstić information content (AvgIpc) is 2.75. The summed E-state index contributed by atoms with van der Waals surface area (Å²) in [7, 11) is 0. The molecule has 2 rings (SSSR count). The monoisotopic (exact) mass is 169 g/mol. The lowest BCUT2D eigenvalue weighted by atomic mass is 9.91. The highest BCUT2D eigenvalue weighted by Crippen LogP contribution is 2.42. The van der Waals surface area contributed by atoms with Crippen molar-refractivity contribution in [2.24, 2.45) is 17.8 Å². The van der Waals surface area contributed by atoms with Gasteiger partial charge in [0.2, 0.25) is 5.91 Å². The minimum atomic E-state index is -0.970. The summed E-state index contributed by atoms with van der Waals surface area (Å²) in [4.78, 5) is 21.8. The van der Waals surface area contributed by atoms with Crippen LogP contribution in [0.2, 0.25) is 0 Å². The van der Waals surface area contributed by atoms with Crippen LogP contribution in [-0.2, 0) is 9.59 Å². The van der Waals surface area contributed by atoms with Gasteiger partial charge in [0.15, 0.2) is 0 Å². The number of carbonyl (C=O) groups is 2. The van der Waals surface area contributed by atoms with Gasteiger partial charge in [-0.15, -0.1) is 0 Å². The normalized spacial score (nSPS) is 34.8. The Kier molecular flexibility index (Phi) is 1.56. The van der Waals surface area contributed by atoms with Gasteiger partial charge in [-0.05, 0) is 18.8 Å². The smallest absolute Gasteiger partial charge is 0.316 e. The number of nitrogens with one attached hydrogen (secondary N) is 1. The largest absolute Gasteiger partial charge is 0.481 e. The van der Waals surface area contributed by atoms with E-state index in [9.17, 15) is 9.59 Å². The zero-order chi connectivity index (χ0) is 8.72. The Bertz CT molecular complexity index is 234. The SMILES string of the molecule is O=C(O)C1C(=O)NCC1C1CC1. The lowest BCUT2D eigenvalue weighted by molar-refractivity contribution is -0.147. The molecule has 1 amide bonds. The van der Waals surface area contributed by atoms with Crippen molar-refractivity contribution in [3.8, 4) is 0 Å². The Morgan fingerprint density at radius 1 is 1.50 bits per heavy atom. The molecule has 2 aliphatic rings. The van der Waals surface area contributed by atoms with E-state index in [0.717, 1.165) is 12.8 Å². The van der Waals surface area contributed by atoms with Crippen molar-refractivity contribution >= 4 is 11.9 Å². The van der Waals surface area contributed by atoms with Crippen molar-refractivity contribution in [1.82, 2.24) is 5.32 Å². The third kappa shape index (κ3) is 1.07. The minimum absolute atomic E-state index is 0.0509. The predicted octanol–water partition coefficient (Wildman–Crippen LogP) is -0.157. The molecule has 0 aromatic rings. The van der Waals surface area contributed by atoms with Crippen LogP contribution in [0, 0.1) is 17.8 Å². The standard InChI is InChI=1S/C8H11NO3/c10-7-6(8(11)12)5(3-9-7)4-1-2-4/h4-6H,1-3H2,(H,9,10)(H,11,12). The van der Waals surface area contributed by atoms with Crippen LogP contribution in [0.5, 0.6) is 0 Å². The molecule has 0 aromatic heterocycles. The maximum atomic E-state index is 11.1. The summed E-state index contributed by atoms with van der Waals surface area (Å²) < 4.78 is 0. The van der Waals surface area contributed by atoms with Gasteiger partial charge in [-0.1, -0.05) is 0 Å². The number of carbonyl (C=O) groups excluding carboxylic acids is 1. The van der Waals surface area contributed by atoms with Crippen molar-refractivity contribution in [1.29, 1.82) is 0 Å². The third-order valence-corrected chi connectivity index (χ3v) is 2.72. The van der Waals surface area contributed by atoms with Crippen molar-refractivity contribution in [3.05, 3.63) is 0 Å². The summed E-state index contributed by atoms with van der Waals surface area (Å²) in [6.45, 7) is 0.556. The number of amides is 1. The van der Waals surface area contributed by atoms with Gasteiger partial charge in [0.1, 0.15) is 5.92 Å². The van der Waals surface area contributed by atoms with Gasteiger partial charge in [-0.3, -0.25) is 9.59 Å². The van der Waals surface area contributed by atoms with Crippen LogP contribution in [0.25, 0.3) is 0 Å². The summed E-state index contributed by atoms with van der Waals surface area (Å²) in [6, 6.07) is 0. The molecule has 12 heavy (non-hydrogen) atoms. The van der Waals surface area contributed by atoms with Crippen molar-refractivity contribution in [3.63, 3.8) is 0 Å². The van der Waals surface area contributed by atoms with Crippen molar-refractivity contribution < 1.29 is 14.7 Å². The Hall–Kier alpha value is -1.06. The predicted molar refractivity (Wildman–Crippen MR) is 40.3 cm³/mol. The first-order valence-corrected chi connectivity index (χ1v) is 4.20. The first-order chi connectivity index (χ1) is 5.70. The number of hydrogen-bond acceptors (Lipinski definition) is 2. The number of rotatable bonds is 2. The fourth-order valence-corrected chi connectivity index (χ4v) is 1.90. The number of aliphatic carboxylic acids is 1. The topological polar surface area (TPSA) is 66.4 Å². The lowest BCUT2D eigenvalue weighted by Crippen LogP contribution is -2.28. The molecule has 66 valence electrons. The quantitative estimate of drug-likeness (QED) is 0.564. The fraction of sp³-hybridized carbons (Fsp3) is 0.750. The number of carboxylic acids is 1. The van der Waals surface area contributed by atoms with Gasteiger partial charge < -0.3 is 10.4 Å². The molecule has 0 bridgehead atoms. The second-order valence-electron chi connectivity index (χ2n) is 3.56. The molecule has 2 N–H and O–H groups in total. The Labute approximate surface area is 69.9 Å². The van der Waals surface area contributed by atoms with E-state index in [1.54, 1.807) is 0 Å². The molecule has 2 fully saturated rings. The van der Waals surface area contributed by atoms with Gasteiger partial charge in [-0.2, -0.15) is 0 Å². The summed E-state index contributed by atoms with van der Waals surface area (Å²) in [5.74, 6) is -1.53. The van der Waals surface area contributed by atoms with Crippen molar-refractivity contribution in [2.45, 2.75) is 12.8 Å². The van der Waals surface area contributed by atoms with E-state index >= 15 is 0 Å². The van der Waals surface area contributed by atoms with Crippen LogP contribution < -0.4 is 5.32 Å². The molecule has 4 heteroatoms. The van der Waals surface area contributed by atoms with E-state index in [1.165, 1.54) is 0 Å². The molecule has 2 atom stereocenters. The minimum Gasteiger partial charge on any atom is -0.481 e. The zero-order valence-electron chi connectivity index (χ0n) is 6.62. The molecule has 1 saturated carbocycles. The van der Waals surface area contributed by atoms with Crippen LogP contribution in [0.1, 0.15) is 12.8 Å². The average molecular weight is 169 g/mol. The van der Waals surface area contributed by atoms with Crippen LogP contribution >= 0.6 is 0 Å². The number of carboxylic acid groups (broad SMARTS) is 1. The summed E-state index contributed by atoms with van der Waals surface area (Å²) >= 11 is 0. The highest BCUT2D eigenvalue weighted by molar-refractivity contribution is 5.99. The highest BCUT2D eigenvalue weighted by Gasteiger charge is 2.47. The fourth-order valence-electron chi connectivity index (χ4n) is 1.90. The zero-order valence-corrected chi connectivity index (χ0v) is 6.62. The first-order valence-electron chi connectivity index (χ1n) is 4.20. The molecule has 1 aliphatic carbocycles. The molecule has 0 radical (unpaired) electrons. The maximum absolute atomic E-state index is 11.1. The molecule has 0 aromatic carbocycles. The van der Waals surface area contributed by atoms with Gasteiger partial charge in [0.05, 0.1) is 0 Å². The molecule has 1 heterocycles. The van der Waals surface area contributed by atoms with Crippen molar-refractivity contribution in [2.75, 3.05) is 6.54 Å². The second-order valence-corrected chi connectivity index (χ2v) is 3.56. The summed E-state index contributed by atoms with van der Waals surface area (Å²) in [5.41, 5.74) is 0. The van der Waals surface area contributed by atoms with Gasteiger partial charge in [0.25, 0.3) is 0 Å². The maximum Gasteiger partial charge on any atom is 0.316 e.